The molecule has 2 aromatic carbocycles. The number of amides is 2. The molecule has 2 amide bonds. The van der Waals surface area contributed by atoms with E-state index in [2.05, 4.69) is 10.6 Å². The number of hydrogen-bond acceptors (Lipinski definition) is 3. The van der Waals surface area contributed by atoms with Gasteiger partial charge in [0.25, 0.3) is 5.91 Å². The molecule has 0 bridgehead atoms. The number of hydrogen-bond donors (Lipinski definition) is 2. The van der Waals surface area contributed by atoms with Gasteiger partial charge in [0, 0.05) is 37.4 Å². The van der Waals surface area contributed by atoms with Gasteiger partial charge in [-0.1, -0.05) is 18.2 Å². The van der Waals surface area contributed by atoms with Gasteiger partial charge < -0.3 is 15.5 Å². The lowest BCUT2D eigenvalue weighted by Gasteiger charge is -2.24. The second-order valence-electron chi connectivity index (χ2n) is 6.30. The maximum absolute atomic E-state index is 14.6. The largest absolute Gasteiger partial charge is 0.326 e. The summed E-state index contributed by atoms with van der Waals surface area (Å²) in [5.74, 6) is -1.09. The molecule has 4 rings (SSSR count). The van der Waals surface area contributed by atoms with Gasteiger partial charge in [0.05, 0.1) is 5.56 Å². The van der Waals surface area contributed by atoms with Gasteiger partial charge in [-0.2, -0.15) is 0 Å². The average molecular weight is 376 g/mol. The molecule has 2 aliphatic heterocycles. The van der Waals surface area contributed by atoms with Crippen molar-refractivity contribution in [1.82, 2.24) is 5.32 Å². The number of carbonyl (C=O) groups excluding carboxylic acids is 2. The van der Waals surface area contributed by atoms with Crippen molar-refractivity contribution in [3.63, 3.8) is 0 Å². The van der Waals surface area contributed by atoms with Crippen molar-refractivity contribution in [3.05, 3.63) is 58.9 Å². The Bertz CT molecular complexity index is 872. The SMILES string of the molecule is Cl.O=C1CCc2cc(C(=O)N3CCNCc4ccccc43)c(F)cc2N1. The molecule has 0 radical (unpaired) electrons. The van der Waals surface area contributed by atoms with Crippen molar-refractivity contribution in [3.8, 4) is 0 Å². The molecular formula is C19H19ClFN3O2. The predicted molar refractivity (Wildman–Crippen MR) is 100 cm³/mol. The number of benzene rings is 2. The third kappa shape index (κ3) is 3.30. The fraction of sp³-hybridized carbons (Fsp3) is 0.263. The van der Waals surface area contributed by atoms with Crippen LogP contribution in [0.15, 0.2) is 36.4 Å². The van der Waals surface area contributed by atoms with Crippen molar-refractivity contribution >= 4 is 35.6 Å². The van der Waals surface area contributed by atoms with Crippen LogP contribution in [0.25, 0.3) is 0 Å². The van der Waals surface area contributed by atoms with Crippen molar-refractivity contribution in [2.45, 2.75) is 19.4 Å². The van der Waals surface area contributed by atoms with Crippen molar-refractivity contribution < 1.29 is 14.0 Å². The first-order valence-corrected chi connectivity index (χ1v) is 8.36. The molecule has 0 aliphatic carbocycles. The van der Waals surface area contributed by atoms with Crippen molar-refractivity contribution in [2.24, 2.45) is 0 Å². The van der Waals surface area contributed by atoms with Gasteiger partial charge in [0.2, 0.25) is 5.91 Å². The van der Waals surface area contributed by atoms with E-state index in [1.807, 2.05) is 24.3 Å². The van der Waals surface area contributed by atoms with Gasteiger partial charge in [0.1, 0.15) is 5.82 Å². The van der Waals surface area contributed by atoms with Gasteiger partial charge in [-0.3, -0.25) is 9.59 Å². The summed E-state index contributed by atoms with van der Waals surface area (Å²) in [4.78, 5) is 26.1. The summed E-state index contributed by atoms with van der Waals surface area (Å²) >= 11 is 0. The number of anilines is 2. The molecule has 26 heavy (non-hydrogen) atoms. The lowest BCUT2D eigenvalue weighted by Crippen LogP contribution is -2.35. The minimum absolute atomic E-state index is 0. The minimum atomic E-state index is -0.611. The van der Waals surface area contributed by atoms with E-state index in [0.29, 0.717) is 38.2 Å². The zero-order valence-electron chi connectivity index (χ0n) is 14.0. The average Bonchev–Trinajstić information content (AvgIpc) is 2.83. The molecule has 0 aromatic heterocycles. The van der Waals surface area contributed by atoms with Gasteiger partial charge in [0.15, 0.2) is 0 Å². The van der Waals surface area contributed by atoms with Crippen molar-refractivity contribution in [2.75, 3.05) is 23.3 Å². The van der Waals surface area contributed by atoms with E-state index < -0.39 is 5.82 Å². The summed E-state index contributed by atoms with van der Waals surface area (Å²) in [6, 6.07) is 10.5. The standard InChI is InChI=1S/C19H18FN3O2.ClH/c20-15-10-16-12(5-6-18(24)22-16)9-14(15)19(25)23-8-7-21-11-13-3-1-2-4-17(13)23;/h1-4,9-10,21H,5-8,11H2,(H,22,24);1H. The van der Waals surface area contributed by atoms with E-state index in [9.17, 15) is 14.0 Å². The Morgan fingerprint density at radius 3 is 2.77 bits per heavy atom. The van der Waals surface area contributed by atoms with Crippen LogP contribution in [0.3, 0.4) is 0 Å². The van der Waals surface area contributed by atoms with E-state index in [-0.39, 0.29) is 29.8 Å². The van der Waals surface area contributed by atoms with Crippen LogP contribution < -0.4 is 15.5 Å². The summed E-state index contributed by atoms with van der Waals surface area (Å²) in [5, 5.41) is 5.93. The highest BCUT2D eigenvalue weighted by Crippen LogP contribution is 2.29. The van der Waals surface area contributed by atoms with Crippen LogP contribution in [0.2, 0.25) is 0 Å². The normalized spacial score (nSPS) is 15.9. The lowest BCUT2D eigenvalue weighted by atomic mass is 9.99. The number of nitrogens with zero attached hydrogens (tertiary/aromatic N) is 1. The molecular weight excluding hydrogens is 357 g/mol. The lowest BCUT2D eigenvalue weighted by molar-refractivity contribution is -0.116. The smallest absolute Gasteiger partial charge is 0.261 e. The molecule has 0 spiro atoms. The Hall–Kier alpha value is -2.44. The third-order valence-corrected chi connectivity index (χ3v) is 4.67. The quantitative estimate of drug-likeness (QED) is 0.805. The number of aryl methyl sites for hydroxylation is 1. The van der Waals surface area contributed by atoms with Crippen LogP contribution >= 0.6 is 12.4 Å². The molecule has 5 nitrogen and oxygen atoms in total. The van der Waals surface area contributed by atoms with Crippen LogP contribution in [0.4, 0.5) is 15.8 Å². The number of fused-ring (bicyclic) bond motifs is 2. The second-order valence-corrected chi connectivity index (χ2v) is 6.30. The Labute approximate surface area is 157 Å². The van der Waals surface area contributed by atoms with Crippen LogP contribution in [0.5, 0.6) is 0 Å². The Kier molecular flexibility index (Phi) is 5.25. The number of nitrogens with one attached hydrogen (secondary N) is 2. The summed E-state index contributed by atoms with van der Waals surface area (Å²) in [6.07, 6.45) is 0.864. The Morgan fingerprint density at radius 1 is 1.12 bits per heavy atom. The van der Waals surface area contributed by atoms with Gasteiger partial charge >= 0.3 is 0 Å². The topological polar surface area (TPSA) is 61.4 Å². The van der Waals surface area contributed by atoms with Crippen LogP contribution in [-0.2, 0) is 17.8 Å². The first kappa shape index (κ1) is 18.4. The molecule has 0 saturated heterocycles. The maximum Gasteiger partial charge on any atom is 0.261 e. The highest BCUT2D eigenvalue weighted by atomic mass is 35.5. The van der Waals surface area contributed by atoms with Gasteiger partial charge in [-0.05, 0) is 35.7 Å². The molecule has 0 unspecified atom stereocenters. The molecule has 0 saturated carbocycles. The monoisotopic (exact) mass is 375 g/mol. The summed E-state index contributed by atoms with van der Waals surface area (Å²) < 4.78 is 14.6. The highest BCUT2D eigenvalue weighted by Gasteiger charge is 2.26. The number of rotatable bonds is 1. The van der Waals surface area contributed by atoms with E-state index >= 15 is 0 Å². The van der Waals surface area contributed by atoms with Gasteiger partial charge in [-0.15, -0.1) is 12.4 Å². The van der Waals surface area contributed by atoms with E-state index in [1.54, 1.807) is 11.0 Å². The molecule has 136 valence electrons. The fourth-order valence-electron chi connectivity index (χ4n) is 3.38. The maximum atomic E-state index is 14.6. The van der Waals surface area contributed by atoms with Gasteiger partial charge in [-0.25, -0.2) is 4.39 Å². The van der Waals surface area contributed by atoms with Crippen molar-refractivity contribution in [1.29, 1.82) is 0 Å². The third-order valence-electron chi connectivity index (χ3n) is 4.67. The molecule has 0 atom stereocenters. The van der Waals surface area contributed by atoms with E-state index in [0.717, 1.165) is 16.8 Å². The molecule has 2 aromatic rings. The number of para-hydroxylation sites is 1. The first-order valence-electron chi connectivity index (χ1n) is 8.36. The fourth-order valence-corrected chi connectivity index (χ4v) is 3.38. The first-order chi connectivity index (χ1) is 12.1. The summed E-state index contributed by atoms with van der Waals surface area (Å²) in [7, 11) is 0. The molecule has 0 fully saturated rings. The van der Waals surface area contributed by atoms with Crippen LogP contribution in [-0.4, -0.2) is 24.9 Å². The summed E-state index contributed by atoms with van der Waals surface area (Å²) in [6.45, 7) is 1.80. The number of halogens is 2. The second kappa shape index (κ2) is 7.43. The molecule has 2 aliphatic rings. The van der Waals surface area contributed by atoms with Crippen LogP contribution in [0.1, 0.15) is 27.9 Å². The highest BCUT2D eigenvalue weighted by molar-refractivity contribution is 6.07. The van der Waals surface area contributed by atoms with Crippen LogP contribution in [0, 0.1) is 5.82 Å². The summed E-state index contributed by atoms with van der Waals surface area (Å²) in [5.41, 5.74) is 3.13. The minimum Gasteiger partial charge on any atom is -0.326 e. The number of carbonyl (C=O) groups is 2. The zero-order chi connectivity index (χ0) is 17.4. The Morgan fingerprint density at radius 2 is 1.92 bits per heavy atom. The predicted octanol–water partition coefficient (Wildman–Crippen LogP) is 2.88. The Balaban J connectivity index is 0.00000196. The molecule has 2 N–H and O–H groups in total. The molecule has 2 heterocycles. The molecule has 7 heteroatoms. The van der Waals surface area contributed by atoms with E-state index in [1.165, 1.54) is 6.07 Å². The van der Waals surface area contributed by atoms with E-state index in [4.69, 9.17) is 0 Å². The zero-order valence-corrected chi connectivity index (χ0v) is 14.9.